The van der Waals surface area contributed by atoms with Gasteiger partial charge in [0.05, 0.1) is 11.9 Å². The van der Waals surface area contributed by atoms with E-state index in [1.807, 2.05) is 17.0 Å². The zero-order valence-electron chi connectivity index (χ0n) is 10.4. The van der Waals surface area contributed by atoms with Crippen LogP contribution in [0.25, 0.3) is 0 Å². The lowest BCUT2D eigenvalue weighted by Gasteiger charge is -2.37. The summed E-state index contributed by atoms with van der Waals surface area (Å²) in [5.41, 5.74) is 6.25. The fraction of sp³-hybridized carbons (Fsp3) is 0.500. The lowest BCUT2D eigenvalue weighted by molar-refractivity contribution is -0.142. The summed E-state index contributed by atoms with van der Waals surface area (Å²) >= 11 is 0. The van der Waals surface area contributed by atoms with Crippen molar-refractivity contribution < 1.29 is 9.90 Å². The molecule has 3 N–H and O–H groups in total. The van der Waals surface area contributed by atoms with Crippen LogP contribution in [0.3, 0.4) is 0 Å². The number of hydrogen-bond donors (Lipinski definition) is 2. The molecule has 1 aliphatic rings. The van der Waals surface area contributed by atoms with Crippen LogP contribution in [0.5, 0.6) is 0 Å². The Bertz CT molecular complexity index is 413. The average Bonchev–Trinajstić information content (AvgIpc) is 2.39. The summed E-state index contributed by atoms with van der Waals surface area (Å²) in [5.74, 6) is 0.126. The molecule has 0 spiro atoms. The highest BCUT2D eigenvalue weighted by atomic mass is 16.4. The van der Waals surface area contributed by atoms with Crippen molar-refractivity contribution in [2.45, 2.75) is 13.0 Å². The SMILES string of the molecule is CC(C(=O)O)N1CCN(c2ccc(N)cn2)CC1. The van der Waals surface area contributed by atoms with Gasteiger partial charge in [-0.2, -0.15) is 0 Å². The molecule has 0 saturated carbocycles. The van der Waals surface area contributed by atoms with Gasteiger partial charge in [-0.15, -0.1) is 0 Å². The number of nitrogens with two attached hydrogens (primary N) is 1. The molecule has 0 aromatic carbocycles. The van der Waals surface area contributed by atoms with Crippen LogP contribution >= 0.6 is 0 Å². The average molecular weight is 250 g/mol. The minimum absolute atomic E-state index is 0.425. The summed E-state index contributed by atoms with van der Waals surface area (Å²) in [7, 11) is 0. The molecule has 1 saturated heterocycles. The maximum absolute atomic E-state index is 10.9. The number of anilines is 2. The van der Waals surface area contributed by atoms with Crippen LogP contribution in [0.1, 0.15) is 6.92 Å². The Morgan fingerprint density at radius 2 is 2.06 bits per heavy atom. The molecule has 6 heteroatoms. The smallest absolute Gasteiger partial charge is 0.320 e. The van der Waals surface area contributed by atoms with Crippen LogP contribution in [-0.2, 0) is 4.79 Å². The van der Waals surface area contributed by atoms with E-state index < -0.39 is 12.0 Å². The fourth-order valence-electron chi connectivity index (χ4n) is 2.08. The van der Waals surface area contributed by atoms with Crippen molar-refractivity contribution in [3.8, 4) is 0 Å². The van der Waals surface area contributed by atoms with Crippen LogP contribution in [-0.4, -0.2) is 53.2 Å². The standard InChI is InChI=1S/C12H18N4O2/c1-9(12(17)18)15-4-6-16(7-5-15)11-3-2-10(13)8-14-11/h2-3,8-9H,4-7,13H2,1H3,(H,17,18). The third-order valence-electron chi connectivity index (χ3n) is 3.31. The van der Waals surface area contributed by atoms with E-state index in [0.717, 1.165) is 32.0 Å². The lowest BCUT2D eigenvalue weighted by Crippen LogP contribution is -2.51. The van der Waals surface area contributed by atoms with Crippen molar-refractivity contribution in [2.24, 2.45) is 0 Å². The molecule has 0 amide bonds. The zero-order chi connectivity index (χ0) is 13.1. The summed E-state index contributed by atoms with van der Waals surface area (Å²) in [6, 6.07) is 3.30. The highest BCUT2D eigenvalue weighted by Crippen LogP contribution is 2.15. The molecule has 0 bridgehead atoms. The number of pyridine rings is 1. The molecule has 6 nitrogen and oxygen atoms in total. The number of hydrogen-bond acceptors (Lipinski definition) is 5. The summed E-state index contributed by atoms with van der Waals surface area (Å²) in [6.07, 6.45) is 1.64. The van der Waals surface area contributed by atoms with Crippen molar-refractivity contribution in [1.82, 2.24) is 9.88 Å². The first-order chi connectivity index (χ1) is 8.58. The number of rotatable bonds is 3. The van der Waals surface area contributed by atoms with E-state index in [-0.39, 0.29) is 0 Å². The first-order valence-electron chi connectivity index (χ1n) is 6.01. The molecule has 0 aliphatic carbocycles. The van der Waals surface area contributed by atoms with E-state index in [0.29, 0.717) is 5.69 Å². The van der Waals surface area contributed by atoms with E-state index in [4.69, 9.17) is 10.8 Å². The van der Waals surface area contributed by atoms with Gasteiger partial charge in [-0.05, 0) is 19.1 Å². The number of piperazine rings is 1. The second-order valence-electron chi connectivity index (χ2n) is 4.49. The number of carboxylic acid groups (broad SMARTS) is 1. The van der Waals surface area contributed by atoms with Gasteiger partial charge in [-0.3, -0.25) is 9.69 Å². The maximum Gasteiger partial charge on any atom is 0.320 e. The number of carbonyl (C=O) groups is 1. The van der Waals surface area contributed by atoms with Gasteiger partial charge in [-0.25, -0.2) is 4.98 Å². The highest BCUT2D eigenvalue weighted by molar-refractivity contribution is 5.72. The van der Waals surface area contributed by atoms with Gasteiger partial charge >= 0.3 is 5.97 Å². The Morgan fingerprint density at radius 1 is 1.39 bits per heavy atom. The zero-order valence-corrected chi connectivity index (χ0v) is 10.4. The summed E-state index contributed by atoms with van der Waals surface area (Å²) < 4.78 is 0. The molecule has 1 unspecified atom stereocenters. The second-order valence-corrected chi connectivity index (χ2v) is 4.49. The largest absolute Gasteiger partial charge is 0.480 e. The molecule has 1 aromatic rings. The van der Waals surface area contributed by atoms with Gasteiger partial charge in [0.25, 0.3) is 0 Å². The van der Waals surface area contributed by atoms with Gasteiger partial charge in [0.15, 0.2) is 0 Å². The predicted molar refractivity (Wildman–Crippen MR) is 69.5 cm³/mol. The molecule has 98 valence electrons. The van der Waals surface area contributed by atoms with E-state index in [2.05, 4.69) is 9.88 Å². The lowest BCUT2D eigenvalue weighted by atomic mass is 10.2. The summed E-state index contributed by atoms with van der Waals surface area (Å²) in [4.78, 5) is 19.3. The minimum atomic E-state index is -0.769. The Labute approximate surface area is 106 Å². The van der Waals surface area contributed by atoms with Gasteiger partial charge < -0.3 is 15.7 Å². The topological polar surface area (TPSA) is 82.7 Å². The fourth-order valence-corrected chi connectivity index (χ4v) is 2.08. The quantitative estimate of drug-likeness (QED) is 0.800. The summed E-state index contributed by atoms with van der Waals surface area (Å²) in [6.45, 7) is 4.77. The van der Waals surface area contributed by atoms with Crippen LogP contribution in [0.2, 0.25) is 0 Å². The number of carboxylic acids is 1. The molecule has 0 radical (unpaired) electrons. The number of aromatic nitrogens is 1. The molecular weight excluding hydrogens is 232 g/mol. The van der Waals surface area contributed by atoms with E-state index >= 15 is 0 Å². The molecule has 1 atom stereocenters. The molecular formula is C12H18N4O2. The normalized spacial score (nSPS) is 18.6. The van der Waals surface area contributed by atoms with Crippen LogP contribution in [0.4, 0.5) is 11.5 Å². The van der Waals surface area contributed by atoms with Crippen molar-refractivity contribution in [3.63, 3.8) is 0 Å². The van der Waals surface area contributed by atoms with Gasteiger partial charge in [0, 0.05) is 26.2 Å². The Morgan fingerprint density at radius 3 is 2.56 bits per heavy atom. The maximum atomic E-state index is 10.9. The minimum Gasteiger partial charge on any atom is -0.480 e. The number of aliphatic carboxylic acids is 1. The van der Waals surface area contributed by atoms with Crippen molar-refractivity contribution in [1.29, 1.82) is 0 Å². The van der Waals surface area contributed by atoms with Gasteiger partial charge in [0.2, 0.25) is 0 Å². The first kappa shape index (κ1) is 12.6. The molecule has 1 fully saturated rings. The predicted octanol–water partition coefficient (Wildman–Crippen LogP) is 0.259. The van der Waals surface area contributed by atoms with Crippen LogP contribution < -0.4 is 10.6 Å². The van der Waals surface area contributed by atoms with Crippen molar-refractivity contribution in [2.75, 3.05) is 36.8 Å². The first-order valence-corrected chi connectivity index (χ1v) is 6.01. The van der Waals surface area contributed by atoms with E-state index in [1.54, 1.807) is 13.1 Å². The highest BCUT2D eigenvalue weighted by Gasteiger charge is 2.25. The van der Waals surface area contributed by atoms with Crippen molar-refractivity contribution >= 4 is 17.5 Å². The van der Waals surface area contributed by atoms with E-state index in [1.165, 1.54) is 0 Å². The Hall–Kier alpha value is -1.82. The molecule has 1 aromatic heterocycles. The molecule has 1 aliphatic heterocycles. The third kappa shape index (κ3) is 2.70. The Balaban J connectivity index is 1.94. The van der Waals surface area contributed by atoms with Crippen LogP contribution in [0.15, 0.2) is 18.3 Å². The van der Waals surface area contributed by atoms with Crippen molar-refractivity contribution in [3.05, 3.63) is 18.3 Å². The number of nitrogen functional groups attached to an aromatic ring is 1. The van der Waals surface area contributed by atoms with Gasteiger partial charge in [-0.1, -0.05) is 0 Å². The Kier molecular flexibility index (Phi) is 3.66. The molecule has 2 rings (SSSR count). The molecule has 18 heavy (non-hydrogen) atoms. The number of nitrogens with zero attached hydrogens (tertiary/aromatic N) is 3. The third-order valence-corrected chi connectivity index (χ3v) is 3.31. The van der Waals surface area contributed by atoms with Crippen LogP contribution in [0, 0.1) is 0 Å². The monoisotopic (exact) mass is 250 g/mol. The van der Waals surface area contributed by atoms with Gasteiger partial charge in [0.1, 0.15) is 11.9 Å². The summed E-state index contributed by atoms with van der Waals surface area (Å²) in [5, 5.41) is 8.97. The van der Waals surface area contributed by atoms with E-state index in [9.17, 15) is 4.79 Å². The molecule has 2 heterocycles. The second kappa shape index (κ2) is 5.22.